The molecule has 1 fully saturated rings. The molecule has 0 saturated carbocycles. The second kappa shape index (κ2) is 8.60. The highest BCUT2D eigenvalue weighted by Gasteiger charge is 2.24. The topological polar surface area (TPSA) is 52.8 Å². The molecule has 1 amide bonds. The van der Waals surface area contributed by atoms with Gasteiger partial charge in [-0.3, -0.25) is 14.6 Å². The predicted octanol–water partition coefficient (Wildman–Crippen LogP) is 0.598. The summed E-state index contributed by atoms with van der Waals surface area (Å²) in [5.41, 5.74) is 5.86. The minimum atomic E-state index is 0.220. The Balaban J connectivity index is 2.37. The summed E-state index contributed by atoms with van der Waals surface area (Å²) in [7, 11) is 1.88. The first kappa shape index (κ1) is 17.4. The molecule has 118 valence electrons. The van der Waals surface area contributed by atoms with E-state index in [1.54, 1.807) is 0 Å². The molecule has 1 rings (SSSR count). The maximum absolute atomic E-state index is 12.1. The van der Waals surface area contributed by atoms with Crippen molar-refractivity contribution in [3.63, 3.8) is 0 Å². The molecular formula is C15H32N4O. The molecular weight excluding hydrogens is 252 g/mol. The van der Waals surface area contributed by atoms with E-state index in [4.69, 9.17) is 5.73 Å². The number of piperazine rings is 1. The number of hydrogen-bond donors (Lipinski definition) is 1. The van der Waals surface area contributed by atoms with Crippen LogP contribution >= 0.6 is 0 Å². The van der Waals surface area contributed by atoms with E-state index in [0.717, 1.165) is 32.7 Å². The van der Waals surface area contributed by atoms with Crippen LogP contribution in [0.2, 0.25) is 0 Å². The Morgan fingerprint density at radius 2 is 1.85 bits per heavy atom. The van der Waals surface area contributed by atoms with Crippen molar-refractivity contribution in [2.45, 2.75) is 45.7 Å². The Morgan fingerprint density at radius 3 is 2.30 bits per heavy atom. The molecule has 20 heavy (non-hydrogen) atoms. The second-order valence-corrected chi connectivity index (χ2v) is 6.09. The zero-order valence-electron chi connectivity index (χ0n) is 13.6. The van der Waals surface area contributed by atoms with Crippen molar-refractivity contribution < 1.29 is 4.79 Å². The van der Waals surface area contributed by atoms with Gasteiger partial charge in [-0.1, -0.05) is 13.3 Å². The van der Waals surface area contributed by atoms with Crippen LogP contribution in [0.25, 0.3) is 0 Å². The van der Waals surface area contributed by atoms with Crippen LogP contribution < -0.4 is 5.73 Å². The van der Waals surface area contributed by atoms with Crippen LogP contribution in [0, 0.1) is 0 Å². The van der Waals surface area contributed by atoms with Crippen LogP contribution in [-0.4, -0.2) is 79.0 Å². The fourth-order valence-corrected chi connectivity index (χ4v) is 2.66. The van der Waals surface area contributed by atoms with Crippen molar-refractivity contribution in [1.82, 2.24) is 14.7 Å². The molecule has 0 bridgehead atoms. The summed E-state index contributed by atoms with van der Waals surface area (Å²) in [6.07, 6.45) is 2.35. The second-order valence-electron chi connectivity index (χ2n) is 6.09. The number of nitrogens with two attached hydrogens (primary N) is 1. The average molecular weight is 284 g/mol. The van der Waals surface area contributed by atoms with Gasteiger partial charge >= 0.3 is 0 Å². The lowest BCUT2D eigenvalue weighted by molar-refractivity contribution is -0.133. The molecule has 0 radical (unpaired) electrons. The summed E-state index contributed by atoms with van der Waals surface area (Å²) >= 11 is 0. The monoisotopic (exact) mass is 284 g/mol. The number of carbonyl (C=O) groups is 1. The highest BCUT2D eigenvalue weighted by atomic mass is 16.2. The van der Waals surface area contributed by atoms with Crippen LogP contribution in [0.3, 0.4) is 0 Å². The molecule has 0 aliphatic carbocycles. The SMILES string of the molecule is CCCC(CN)N1CCN(CC(=O)N(C)C(C)C)CC1. The Bertz CT molecular complexity index is 288. The molecule has 0 spiro atoms. The van der Waals surface area contributed by atoms with Crippen LogP contribution in [0.5, 0.6) is 0 Å². The number of amides is 1. The lowest BCUT2D eigenvalue weighted by atomic mass is 10.1. The van der Waals surface area contributed by atoms with Crippen LogP contribution in [0.4, 0.5) is 0 Å². The van der Waals surface area contributed by atoms with E-state index in [-0.39, 0.29) is 11.9 Å². The van der Waals surface area contributed by atoms with Crippen LogP contribution in [0.1, 0.15) is 33.6 Å². The molecule has 1 aliphatic heterocycles. The summed E-state index contributed by atoms with van der Waals surface area (Å²) in [6.45, 7) is 11.6. The molecule has 0 aromatic heterocycles. The molecule has 1 saturated heterocycles. The third-order valence-electron chi connectivity index (χ3n) is 4.34. The molecule has 0 aromatic carbocycles. The summed E-state index contributed by atoms with van der Waals surface area (Å²) < 4.78 is 0. The summed E-state index contributed by atoms with van der Waals surface area (Å²) in [5.74, 6) is 0.220. The van der Waals surface area contributed by atoms with Gasteiger partial charge in [0, 0.05) is 51.9 Å². The third kappa shape index (κ3) is 5.04. The minimum absolute atomic E-state index is 0.220. The molecule has 5 nitrogen and oxygen atoms in total. The van der Waals surface area contributed by atoms with Gasteiger partial charge in [-0.15, -0.1) is 0 Å². The van der Waals surface area contributed by atoms with Gasteiger partial charge in [-0.2, -0.15) is 0 Å². The maximum atomic E-state index is 12.1. The van der Waals surface area contributed by atoms with Gasteiger partial charge in [0.1, 0.15) is 0 Å². The summed E-state index contributed by atoms with van der Waals surface area (Å²) in [6, 6.07) is 0.783. The van der Waals surface area contributed by atoms with E-state index in [0.29, 0.717) is 12.6 Å². The fourth-order valence-electron chi connectivity index (χ4n) is 2.66. The number of likely N-dealkylation sites (N-methyl/N-ethyl adjacent to an activating group) is 1. The van der Waals surface area contributed by atoms with E-state index in [1.807, 2.05) is 25.8 Å². The van der Waals surface area contributed by atoms with Crippen LogP contribution in [0.15, 0.2) is 0 Å². The zero-order valence-corrected chi connectivity index (χ0v) is 13.6. The number of carbonyl (C=O) groups excluding carboxylic acids is 1. The number of rotatable bonds is 7. The van der Waals surface area contributed by atoms with E-state index < -0.39 is 0 Å². The van der Waals surface area contributed by atoms with Crippen LogP contribution in [-0.2, 0) is 4.79 Å². The number of hydrogen-bond acceptors (Lipinski definition) is 4. The first-order valence-electron chi connectivity index (χ1n) is 7.91. The van der Waals surface area contributed by atoms with Gasteiger partial charge < -0.3 is 10.6 Å². The maximum Gasteiger partial charge on any atom is 0.236 e. The standard InChI is InChI=1S/C15H32N4O/c1-5-6-14(11-16)19-9-7-18(8-10-19)12-15(20)17(4)13(2)3/h13-14H,5-12,16H2,1-4H3. The molecule has 0 aromatic rings. The van der Waals surface area contributed by atoms with Gasteiger partial charge in [0.15, 0.2) is 0 Å². The first-order chi connectivity index (χ1) is 9.49. The minimum Gasteiger partial charge on any atom is -0.342 e. The largest absolute Gasteiger partial charge is 0.342 e. The molecule has 1 heterocycles. The van der Waals surface area contributed by atoms with Crippen molar-refractivity contribution in [2.24, 2.45) is 5.73 Å². The van der Waals surface area contributed by atoms with E-state index >= 15 is 0 Å². The van der Waals surface area contributed by atoms with Crippen molar-refractivity contribution in [1.29, 1.82) is 0 Å². The van der Waals surface area contributed by atoms with Crippen molar-refractivity contribution in [3.8, 4) is 0 Å². The predicted molar refractivity (Wildman–Crippen MR) is 83.7 cm³/mol. The lowest BCUT2D eigenvalue weighted by Crippen LogP contribution is -2.54. The fraction of sp³-hybridized carbons (Fsp3) is 0.933. The average Bonchev–Trinajstić information content (AvgIpc) is 2.44. The number of nitrogens with zero attached hydrogens (tertiary/aromatic N) is 3. The summed E-state index contributed by atoms with van der Waals surface area (Å²) in [5, 5.41) is 0. The highest BCUT2D eigenvalue weighted by molar-refractivity contribution is 5.78. The van der Waals surface area contributed by atoms with Crippen molar-refractivity contribution >= 4 is 5.91 Å². The van der Waals surface area contributed by atoms with E-state index in [9.17, 15) is 4.79 Å². The van der Waals surface area contributed by atoms with Gasteiger partial charge in [0.2, 0.25) is 5.91 Å². The highest BCUT2D eigenvalue weighted by Crippen LogP contribution is 2.10. The third-order valence-corrected chi connectivity index (χ3v) is 4.34. The van der Waals surface area contributed by atoms with E-state index in [2.05, 4.69) is 16.7 Å². The molecule has 1 unspecified atom stereocenters. The van der Waals surface area contributed by atoms with Crippen molar-refractivity contribution in [3.05, 3.63) is 0 Å². The molecule has 1 aliphatic rings. The van der Waals surface area contributed by atoms with Gasteiger partial charge in [-0.05, 0) is 20.3 Å². The Morgan fingerprint density at radius 1 is 1.25 bits per heavy atom. The first-order valence-corrected chi connectivity index (χ1v) is 7.91. The van der Waals surface area contributed by atoms with Gasteiger partial charge in [0.25, 0.3) is 0 Å². The molecule has 5 heteroatoms. The summed E-state index contributed by atoms with van der Waals surface area (Å²) in [4.78, 5) is 18.6. The normalized spacial score (nSPS) is 19.3. The zero-order chi connectivity index (χ0) is 15.1. The lowest BCUT2D eigenvalue weighted by Gasteiger charge is -2.39. The van der Waals surface area contributed by atoms with Gasteiger partial charge in [0.05, 0.1) is 6.54 Å². The Kier molecular flexibility index (Phi) is 7.48. The van der Waals surface area contributed by atoms with Crippen molar-refractivity contribution in [2.75, 3.05) is 46.3 Å². The Labute approximate surface area is 124 Å². The van der Waals surface area contributed by atoms with E-state index in [1.165, 1.54) is 12.8 Å². The molecule has 2 N–H and O–H groups in total. The quantitative estimate of drug-likeness (QED) is 0.744. The Hall–Kier alpha value is -0.650. The smallest absolute Gasteiger partial charge is 0.236 e. The molecule has 1 atom stereocenters. The van der Waals surface area contributed by atoms with Gasteiger partial charge in [-0.25, -0.2) is 0 Å².